The minimum atomic E-state index is -0.126. The third kappa shape index (κ3) is 3.80. The van der Waals surface area contributed by atoms with Crippen molar-refractivity contribution in [3.8, 4) is 0 Å². The van der Waals surface area contributed by atoms with Gasteiger partial charge in [-0.15, -0.1) is 0 Å². The van der Waals surface area contributed by atoms with E-state index in [1.54, 1.807) is 0 Å². The average molecular weight is 366 g/mol. The first-order valence-electron chi connectivity index (χ1n) is 9.24. The molecular weight excluding hydrogens is 340 g/mol. The maximum absolute atomic E-state index is 12.5. The zero-order valence-electron chi connectivity index (χ0n) is 16.2. The van der Waals surface area contributed by atoms with E-state index in [0.29, 0.717) is 17.7 Å². The lowest BCUT2D eigenvalue weighted by molar-refractivity contribution is -0.110. The van der Waals surface area contributed by atoms with Gasteiger partial charge < -0.3 is 20.9 Å². The number of rotatable bonds is 6. The minimum absolute atomic E-state index is 0.101. The van der Waals surface area contributed by atoms with Gasteiger partial charge in [0.15, 0.2) is 0 Å². The summed E-state index contributed by atoms with van der Waals surface area (Å²) in [6.07, 6.45) is 1.83. The monoisotopic (exact) mass is 366 g/mol. The Morgan fingerprint density at radius 2 is 1.96 bits per heavy atom. The van der Waals surface area contributed by atoms with Gasteiger partial charge >= 0.3 is 0 Å². The van der Waals surface area contributed by atoms with E-state index in [9.17, 15) is 9.59 Å². The normalized spacial score (nSPS) is 14.4. The highest BCUT2D eigenvalue weighted by atomic mass is 16.2. The molecule has 2 heterocycles. The van der Waals surface area contributed by atoms with Gasteiger partial charge in [-0.2, -0.15) is 0 Å². The number of carbonyl (C=O) groups excluding carboxylic acids is 2. The van der Waals surface area contributed by atoms with Crippen LogP contribution >= 0.6 is 0 Å². The summed E-state index contributed by atoms with van der Waals surface area (Å²) in [4.78, 5) is 28.2. The van der Waals surface area contributed by atoms with Crippen molar-refractivity contribution in [3.63, 3.8) is 0 Å². The second-order valence-electron chi connectivity index (χ2n) is 6.83. The second kappa shape index (κ2) is 7.80. The molecule has 1 aromatic heterocycles. The number of hydrogen-bond donors (Lipinski definition) is 4. The van der Waals surface area contributed by atoms with E-state index in [2.05, 4.69) is 20.9 Å². The van der Waals surface area contributed by atoms with E-state index in [0.717, 1.165) is 46.9 Å². The fourth-order valence-corrected chi connectivity index (χ4v) is 3.38. The Labute approximate surface area is 159 Å². The summed E-state index contributed by atoms with van der Waals surface area (Å²) in [7, 11) is 0. The van der Waals surface area contributed by atoms with Crippen LogP contribution in [-0.4, -0.2) is 36.4 Å². The molecule has 2 aromatic rings. The van der Waals surface area contributed by atoms with Crippen LogP contribution in [0.3, 0.4) is 0 Å². The van der Waals surface area contributed by atoms with Crippen molar-refractivity contribution < 1.29 is 9.59 Å². The van der Waals surface area contributed by atoms with Gasteiger partial charge in [-0.25, -0.2) is 0 Å². The number of aryl methyl sites for hydroxylation is 2. The van der Waals surface area contributed by atoms with Crippen molar-refractivity contribution in [1.29, 1.82) is 0 Å². The average Bonchev–Trinajstić information content (AvgIpc) is 3.08. The van der Waals surface area contributed by atoms with Crippen LogP contribution in [0.25, 0.3) is 11.6 Å². The maximum Gasteiger partial charge on any atom is 0.256 e. The molecular formula is C21H26N4O2. The third-order valence-electron chi connectivity index (χ3n) is 4.79. The molecule has 1 aromatic carbocycles. The lowest BCUT2D eigenvalue weighted by Gasteiger charge is -2.06. The number of fused-ring (bicyclic) bond motifs is 1. The van der Waals surface area contributed by atoms with Gasteiger partial charge in [0.25, 0.3) is 11.8 Å². The maximum atomic E-state index is 12.5. The molecule has 4 N–H and O–H groups in total. The van der Waals surface area contributed by atoms with E-state index < -0.39 is 0 Å². The molecule has 6 nitrogen and oxygen atoms in total. The summed E-state index contributed by atoms with van der Waals surface area (Å²) >= 11 is 0. The standard InChI is InChI=1S/C21H26N4O2/c1-5-22-8-9-23-21(27)19-13(3)18(24-14(19)4)11-16-15-10-12(2)6-7-17(15)25-20(16)26/h6-7,10-11,22,24H,5,8-9H2,1-4H3,(H,23,27)(H,25,26)/b16-11-. The van der Waals surface area contributed by atoms with Crippen LogP contribution in [0.4, 0.5) is 5.69 Å². The third-order valence-corrected chi connectivity index (χ3v) is 4.79. The second-order valence-corrected chi connectivity index (χ2v) is 6.83. The van der Waals surface area contributed by atoms with Crippen LogP contribution in [0.1, 0.15) is 45.4 Å². The highest BCUT2D eigenvalue weighted by molar-refractivity contribution is 6.35. The molecule has 2 amide bonds. The van der Waals surface area contributed by atoms with E-state index >= 15 is 0 Å². The van der Waals surface area contributed by atoms with E-state index in [4.69, 9.17) is 0 Å². The Bertz CT molecular complexity index is 925. The summed E-state index contributed by atoms with van der Waals surface area (Å²) in [5.74, 6) is -0.227. The fourth-order valence-electron chi connectivity index (χ4n) is 3.38. The summed E-state index contributed by atoms with van der Waals surface area (Å²) in [6.45, 7) is 9.99. The van der Waals surface area contributed by atoms with Crippen LogP contribution in [-0.2, 0) is 4.79 Å². The van der Waals surface area contributed by atoms with Crippen molar-refractivity contribution >= 4 is 29.2 Å². The topological polar surface area (TPSA) is 86.0 Å². The first-order valence-corrected chi connectivity index (χ1v) is 9.24. The molecule has 142 valence electrons. The molecule has 0 radical (unpaired) electrons. The Morgan fingerprint density at radius 1 is 1.19 bits per heavy atom. The number of aromatic nitrogens is 1. The summed E-state index contributed by atoms with van der Waals surface area (Å²) < 4.78 is 0. The Balaban J connectivity index is 1.89. The van der Waals surface area contributed by atoms with Crippen LogP contribution in [0.15, 0.2) is 18.2 Å². The first-order chi connectivity index (χ1) is 12.9. The molecule has 3 rings (SSSR count). The lowest BCUT2D eigenvalue weighted by atomic mass is 10.0. The van der Waals surface area contributed by atoms with Crippen LogP contribution < -0.4 is 16.0 Å². The summed E-state index contributed by atoms with van der Waals surface area (Å²) in [5, 5.41) is 9.00. The van der Waals surface area contributed by atoms with Crippen LogP contribution in [0.5, 0.6) is 0 Å². The van der Waals surface area contributed by atoms with Crippen molar-refractivity contribution in [2.75, 3.05) is 25.0 Å². The van der Waals surface area contributed by atoms with Gasteiger partial charge in [-0.3, -0.25) is 9.59 Å². The summed E-state index contributed by atoms with van der Waals surface area (Å²) in [6, 6.07) is 5.89. The molecule has 1 aliphatic heterocycles. The van der Waals surface area contributed by atoms with Gasteiger partial charge in [0.1, 0.15) is 0 Å². The van der Waals surface area contributed by atoms with Crippen molar-refractivity contribution in [2.24, 2.45) is 0 Å². The number of anilines is 1. The molecule has 0 aliphatic carbocycles. The molecule has 0 spiro atoms. The number of carbonyl (C=O) groups is 2. The Hall–Kier alpha value is -2.86. The molecule has 27 heavy (non-hydrogen) atoms. The molecule has 0 bridgehead atoms. The number of benzene rings is 1. The molecule has 0 unspecified atom stereocenters. The summed E-state index contributed by atoms with van der Waals surface area (Å²) in [5.41, 5.74) is 6.47. The van der Waals surface area contributed by atoms with Gasteiger partial charge in [-0.1, -0.05) is 18.6 Å². The van der Waals surface area contributed by atoms with Gasteiger partial charge in [0.05, 0.1) is 11.1 Å². The predicted molar refractivity (Wildman–Crippen MR) is 109 cm³/mol. The van der Waals surface area contributed by atoms with E-state index in [1.807, 2.05) is 52.0 Å². The number of amides is 2. The molecule has 6 heteroatoms. The molecule has 0 atom stereocenters. The largest absolute Gasteiger partial charge is 0.358 e. The SMILES string of the molecule is CCNCCNC(=O)c1c(C)[nH]c(/C=C2\C(=O)Nc3ccc(C)cc32)c1C. The number of aromatic amines is 1. The first kappa shape index (κ1) is 18.9. The van der Waals surface area contributed by atoms with E-state index in [1.165, 1.54) is 0 Å². The zero-order chi connectivity index (χ0) is 19.6. The minimum Gasteiger partial charge on any atom is -0.358 e. The Kier molecular flexibility index (Phi) is 5.46. The zero-order valence-corrected chi connectivity index (χ0v) is 16.2. The van der Waals surface area contributed by atoms with Gasteiger partial charge in [0.2, 0.25) is 0 Å². The predicted octanol–water partition coefficient (Wildman–Crippen LogP) is 2.77. The number of nitrogens with one attached hydrogen (secondary N) is 4. The smallest absolute Gasteiger partial charge is 0.256 e. The molecule has 1 aliphatic rings. The van der Waals surface area contributed by atoms with Gasteiger partial charge in [0, 0.05) is 35.7 Å². The van der Waals surface area contributed by atoms with Crippen molar-refractivity contribution in [3.05, 3.63) is 51.8 Å². The molecule has 0 fully saturated rings. The van der Waals surface area contributed by atoms with Gasteiger partial charge in [-0.05, 0) is 51.1 Å². The van der Waals surface area contributed by atoms with Crippen LogP contribution in [0.2, 0.25) is 0 Å². The lowest BCUT2D eigenvalue weighted by Crippen LogP contribution is -2.32. The highest BCUT2D eigenvalue weighted by Gasteiger charge is 2.25. The van der Waals surface area contributed by atoms with E-state index in [-0.39, 0.29) is 11.8 Å². The number of likely N-dealkylation sites (N-methyl/N-ethyl adjacent to an activating group) is 1. The van der Waals surface area contributed by atoms with Crippen LogP contribution in [0, 0.1) is 20.8 Å². The quantitative estimate of drug-likeness (QED) is 0.468. The van der Waals surface area contributed by atoms with Crippen molar-refractivity contribution in [2.45, 2.75) is 27.7 Å². The molecule has 0 saturated carbocycles. The Morgan fingerprint density at radius 3 is 2.70 bits per heavy atom. The fraction of sp³-hybridized carbons (Fsp3) is 0.333. The number of H-pyrrole nitrogens is 1. The van der Waals surface area contributed by atoms with Crippen molar-refractivity contribution in [1.82, 2.24) is 15.6 Å². The molecule has 0 saturated heterocycles. The number of hydrogen-bond acceptors (Lipinski definition) is 3. The highest BCUT2D eigenvalue weighted by Crippen LogP contribution is 2.34.